The van der Waals surface area contributed by atoms with Crippen LogP contribution in [0.1, 0.15) is 31.9 Å². The van der Waals surface area contributed by atoms with E-state index in [2.05, 4.69) is 87.1 Å². The molecule has 3 unspecified atom stereocenters. The van der Waals surface area contributed by atoms with Crippen LogP contribution in [-0.2, 0) is 6.54 Å². The van der Waals surface area contributed by atoms with Gasteiger partial charge < -0.3 is 14.8 Å². The van der Waals surface area contributed by atoms with Crippen molar-refractivity contribution < 1.29 is 0 Å². The van der Waals surface area contributed by atoms with Gasteiger partial charge in [0, 0.05) is 51.7 Å². The van der Waals surface area contributed by atoms with Crippen LogP contribution in [-0.4, -0.2) is 65.1 Å². The molecule has 0 radical (unpaired) electrons. The van der Waals surface area contributed by atoms with E-state index < -0.39 is 0 Å². The van der Waals surface area contributed by atoms with E-state index in [1.807, 2.05) is 19.6 Å². The zero-order chi connectivity index (χ0) is 19.9. The SMILES string of the molecule is CN=C(NCC(C)N(C)Cc1ccccc1)N1CCC(C)C(n2ccnc2)C1.I. The minimum absolute atomic E-state index is 0. The van der Waals surface area contributed by atoms with Crippen molar-refractivity contribution in [2.24, 2.45) is 10.9 Å². The zero-order valence-corrected chi connectivity index (χ0v) is 20.4. The Bertz CT molecular complexity index is 733. The topological polar surface area (TPSA) is 48.7 Å². The van der Waals surface area contributed by atoms with Crippen molar-refractivity contribution in [3.63, 3.8) is 0 Å². The average Bonchev–Trinajstić information content (AvgIpc) is 3.24. The van der Waals surface area contributed by atoms with Gasteiger partial charge in [-0.15, -0.1) is 24.0 Å². The molecular formula is C22H35IN6. The number of likely N-dealkylation sites (tertiary alicyclic amines) is 1. The second-order valence-electron chi connectivity index (χ2n) is 7.97. The Morgan fingerprint density at radius 1 is 1.34 bits per heavy atom. The quantitative estimate of drug-likeness (QED) is 0.368. The Morgan fingerprint density at radius 2 is 2.10 bits per heavy atom. The first-order valence-corrected chi connectivity index (χ1v) is 10.3. The monoisotopic (exact) mass is 510 g/mol. The fourth-order valence-corrected chi connectivity index (χ4v) is 3.85. The van der Waals surface area contributed by atoms with E-state index in [0.717, 1.165) is 38.6 Å². The standard InChI is InChI=1S/C22H34N6.HI/c1-18-10-12-27(16-21(18)28-13-11-24-17-28)22(23-3)25-14-19(2)26(4)15-20-8-6-5-7-9-20;/h5-9,11,13,17-19,21H,10,12,14-16H2,1-4H3,(H,23,25);1H. The van der Waals surface area contributed by atoms with Crippen LogP contribution in [0.3, 0.4) is 0 Å². The molecule has 6 nitrogen and oxygen atoms in total. The van der Waals surface area contributed by atoms with Gasteiger partial charge in [-0.1, -0.05) is 37.3 Å². The van der Waals surface area contributed by atoms with Crippen molar-refractivity contribution in [1.29, 1.82) is 0 Å². The van der Waals surface area contributed by atoms with E-state index in [0.29, 0.717) is 18.0 Å². The third kappa shape index (κ3) is 6.44. The first-order chi connectivity index (χ1) is 13.6. The number of guanidine groups is 1. The van der Waals surface area contributed by atoms with Gasteiger partial charge in [-0.25, -0.2) is 4.98 Å². The van der Waals surface area contributed by atoms with Gasteiger partial charge in [0.2, 0.25) is 0 Å². The molecule has 1 aliphatic heterocycles. The number of nitrogens with zero attached hydrogens (tertiary/aromatic N) is 5. The number of aromatic nitrogens is 2. The molecule has 0 bridgehead atoms. The van der Waals surface area contributed by atoms with E-state index >= 15 is 0 Å². The summed E-state index contributed by atoms with van der Waals surface area (Å²) in [6.07, 6.45) is 7.03. The number of likely N-dealkylation sites (N-methyl/N-ethyl adjacent to an activating group) is 1. The molecule has 3 atom stereocenters. The maximum absolute atomic E-state index is 4.56. The van der Waals surface area contributed by atoms with Crippen LogP contribution in [0.25, 0.3) is 0 Å². The van der Waals surface area contributed by atoms with Crippen LogP contribution in [0.5, 0.6) is 0 Å². The summed E-state index contributed by atoms with van der Waals surface area (Å²) in [6.45, 7) is 8.42. The molecule has 1 N–H and O–H groups in total. The maximum Gasteiger partial charge on any atom is 0.193 e. The van der Waals surface area contributed by atoms with Crippen molar-refractivity contribution in [2.45, 2.75) is 38.9 Å². The van der Waals surface area contributed by atoms with E-state index in [-0.39, 0.29) is 24.0 Å². The summed E-state index contributed by atoms with van der Waals surface area (Å²) < 4.78 is 2.24. The molecule has 2 aromatic rings. The maximum atomic E-state index is 4.56. The van der Waals surface area contributed by atoms with E-state index in [1.165, 1.54) is 5.56 Å². The van der Waals surface area contributed by atoms with Crippen LogP contribution in [0.15, 0.2) is 54.0 Å². The Balaban J connectivity index is 0.00000300. The molecule has 0 saturated carbocycles. The Labute approximate surface area is 192 Å². The number of aliphatic imine (C=N–C) groups is 1. The Kier molecular flexibility index (Phi) is 9.42. The molecule has 29 heavy (non-hydrogen) atoms. The van der Waals surface area contributed by atoms with Crippen LogP contribution in [0.4, 0.5) is 0 Å². The first kappa shape index (κ1) is 23.7. The minimum Gasteiger partial charge on any atom is -0.355 e. The molecule has 1 fully saturated rings. The van der Waals surface area contributed by atoms with Crippen molar-refractivity contribution in [3.05, 3.63) is 54.6 Å². The predicted octanol–water partition coefficient (Wildman–Crippen LogP) is 3.48. The third-order valence-corrected chi connectivity index (χ3v) is 5.92. The van der Waals surface area contributed by atoms with Gasteiger partial charge in [-0.3, -0.25) is 9.89 Å². The largest absolute Gasteiger partial charge is 0.355 e. The average molecular weight is 510 g/mol. The molecule has 0 aliphatic carbocycles. The third-order valence-electron chi connectivity index (χ3n) is 5.92. The van der Waals surface area contributed by atoms with E-state index in [1.54, 1.807) is 0 Å². The van der Waals surface area contributed by atoms with Gasteiger partial charge in [0.25, 0.3) is 0 Å². The molecule has 1 saturated heterocycles. The zero-order valence-electron chi connectivity index (χ0n) is 18.0. The fraction of sp³-hybridized carbons (Fsp3) is 0.545. The highest BCUT2D eigenvalue weighted by Gasteiger charge is 2.29. The van der Waals surface area contributed by atoms with Crippen molar-refractivity contribution in [3.8, 4) is 0 Å². The van der Waals surface area contributed by atoms with Crippen LogP contribution >= 0.6 is 24.0 Å². The molecule has 7 heteroatoms. The molecule has 160 valence electrons. The summed E-state index contributed by atoms with van der Waals surface area (Å²) >= 11 is 0. The lowest BCUT2D eigenvalue weighted by atomic mass is 9.93. The summed E-state index contributed by atoms with van der Waals surface area (Å²) in [5, 5.41) is 3.60. The number of hydrogen-bond acceptors (Lipinski definition) is 3. The number of benzene rings is 1. The van der Waals surface area contributed by atoms with Gasteiger partial charge in [-0.05, 0) is 31.9 Å². The molecule has 1 aliphatic rings. The highest BCUT2D eigenvalue weighted by atomic mass is 127. The van der Waals surface area contributed by atoms with Gasteiger partial charge >= 0.3 is 0 Å². The number of piperidine rings is 1. The second-order valence-corrected chi connectivity index (χ2v) is 7.97. The number of hydrogen-bond donors (Lipinski definition) is 1. The number of rotatable bonds is 6. The Hall–Kier alpha value is -1.61. The molecular weight excluding hydrogens is 475 g/mol. The summed E-state index contributed by atoms with van der Waals surface area (Å²) in [4.78, 5) is 13.5. The van der Waals surface area contributed by atoms with Crippen LogP contribution in [0, 0.1) is 5.92 Å². The van der Waals surface area contributed by atoms with Gasteiger partial charge in [0.15, 0.2) is 5.96 Å². The van der Waals surface area contributed by atoms with Crippen molar-refractivity contribution >= 4 is 29.9 Å². The van der Waals surface area contributed by atoms with Crippen LogP contribution in [0.2, 0.25) is 0 Å². The molecule has 0 spiro atoms. The normalized spacial score (nSPS) is 21.0. The highest BCUT2D eigenvalue weighted by Crippen LogP contribution is 2.27. The summed E-state index contributed by atoms with van der Waals surface area (Å²) in [5.41, 5.74) is 1.34. The van der Waals surface area contributed by atoms with Gasteiger partial charge in [-0.2, -0.15) is 0 Å². The molecule has 0 amide bonds. The number of imidazole rings is 1. The summed E-state index contributed by atoms with van der Waals surface area (Å²) in [7, 11) is 4.06. The lowest BCUT2D eigenvalue weighted by Crippen LogP contribution is -2.51. The lowest BCUT2D eigenvalue weighted by Gasteiger charge is -2.39. The van der Waals surface area contributed by atoms with Gasteiger partial charge in [0.05, 0.1) is 12.4 Å². The first-order valence-electron chi connectivity index (χ1n) is 10.3. The van der Waals surface area contributed by atoms with Gasteiger partial charge in [0.1, 0.15) is 0 Å². The van der Waals surface area contributed by atoms with E-state index in [4.69, 9.17) is 0 Å². The molecule has 2 heterocycles. The van der Waals surface area contributed by atoms with Crippen molar-refractivity contribution in [1.82, 2.24) is 24.7 Å². The number of nitrogens with one attached hydrogen (secondary N) is 1. The number of halogens is 1. The second kappa shape index (κ2) is 11.5. The minimum atomic E-state index is 0. The van der Waals surface area contributed by atoms with Crippen molar-refractivity contribution in [2.75, 3.05) is 33.7 Å². The predicted molar refractivity (Wildman–Crippen MR) is 131 cm³/mol. The Morgan fingerprint density at radius 3 is 2.76 bits per heavy atom. The smallest absolute Gasteiger partial charge is 0.193 e. The molecule has 1 aromatic heterocycles. The van der Waals surface area contributed by atoms with Crippen LogP contribution < -0.4 is 5.32 Å². The fourth-order valence-electron chi connectivity index (χ4n) is 3.85. The van der Waals surface area contributed by atoms with E-state index in [9.17, 15) is 0 Å². The molecule has 3 rings (SSSR count). The highest BCUT2D eigenvalue weighted by molar-refractivity contribution is 14.0. The molecule has 1 aromatic carbocycles. The summed E-state index contributed by atoms with van der Waals surface area (Å²) in [6, 6.07) is 11.5. The summed E-state index contributed by atoms with van der Waals surface area (Å²) in [5.74, 6) is 1.64. The lowest BCUT2D eigenvalue weighted by molar-refractivity contribution is 0.186.